The minimum absolute atomic E-state index is 0.179. The van der Waals surface area contributed by atoms with Crippen molar-refractivity contribution in [3.63, 3.8) is 0 Å². The molecule has 8 heteroatoms. The Labute approximate surface area is 117 Å². The van der Waals surface area contributed by atoms with Crippen LogP contribution in [0.5, 0.6) is 5.75 Å². The van der Waals surface area contributed by atoms with Gasteiger partial charge < -0.3 is 9.47 Å². The maximum absolute atomic E-state index is 13.5. The number of carbonyl (C=O) groups excluding carboxylic acids is 1. The standard InChI is InChI=1S/C13H9F4NO3/c1-20-12(19)9(6-18)5-8-3-2-4-10(14)11(8)21-7-13(15,16)17/h2-5H,7H2,1H3/b9-5+. The number of alkyl halides is 3. The minimum Gasteiger partial charge on any atom is -0.480 e. The molecule has 0 bridgehead atoms. The van der Waals surface area contributed by atoms with Crippen molar-refractivity contribution >= 4 is 12.0 Å². The zero-order chi connectivity index (χ0) is 16.0. The van der Waals surface area contributed by atoms with Crippen LogP contribution in [0.25, 0.3) is 6.08 Å². The number of benzene rings is 1. The van der Waals surface area contributed by atoms with Gasteiger partial charge in [0.15, 0.2) is 18.2 Å². The largest absolute Gasteiger partial charge is 0.480 e. The van der Waals surface area contributed by atoms with Gasteiger partial charge in [0.05, 0.1) is 7.11 Å². The van der Waals surface area contributed by atoms with Crippen molar-refractivity contribution in [2.45, 2.75) is 6.18 Å². The van der Waals surface area contributed by atoms with Gasteiger partial charge in [-0.05, 0) is 12.1 Å². The van der Waals surface area contributed by atoms with E-state index in [9.17, 15) is 22.4 Å². The number of methoxy groups -OCH3 is 1. The fraction of sp³-hybridized carbons (Fsp3) is 0.231. The summed E-state index contributed by atoms with van der Waals surface area (Å²) in [5.41, 5.74) is -0.679. The lowest BCUT2D eigenvalue weighted by molar-refractivity contribution is -0.153. The van der Waals surface area contributed by atoms with Crippen molar-refractivity contribution in [3.8, 4) is 11.8 Å². The molecule has 0 spiro atoms. The average molecular weight is 303 g/mol. The SMILES string of the molecule is COC(=O)/C(C#N)=C/c1cccc(F)c1OCC(F)(F)F. The maximum Gasteiger partial charge on any atom is 0.422 e. The Hall–Kier alpha value is -2.56. The van der Waals surface area contributed by atoms with Crippen LogP contribution in [0.15, 0.2) is 23.8 Å². The zero-order valence-electron chi connectivity index (χ0n) is 10.7. The number of rotatable bonds is 4. The van der Waals surface area contributed by atoms with Gasteiger partial charge in [0.1, 0.15) is 11.6 Å². The van der Waals surface area contributed by atoms with E-state index in [1.54, 1.807) is 0 Å². The summed E-state index contributed by atoms with van der Waals surface area (Å²) in [5, 5.41) is 8.77. The summed E-state index contributed by atoms with van der Waals surface area (Å²) in [6.07, 6.45) is -3.76. The summed E-state index contributed by atoms with van der Waals surface area (Å²) in [5.74, 6) is -2.75. The van der Waals surface area contributed by atoms with E-state index in [4.69, 9.17) is 5.26 Å². The van der Waals surface area contributed by atoms with E-state index in [-0.39, 0.29) is 5.56 Å². The second-order valence-corrected chi connectivity index (χ2v) is 3.72. The summed E-state index contributed by atoms with van der Waals surface area (Å²) in [4.78, 5) is 11.2. The van der Waals surface area contributed by atoms with Crippen LogP contribution in [0.4, 0.5) is 17.6 Å². The summed E-state index contributed by atoms with van der Waals surface area (Å²) in [6.45, 7) is -1.70. The van der Waals surface area contributed by atoms with Crippen molar-refractivity contribution in [1.82, 2.24) is 0 Å². The van der Waals surface area contributed by atoms with Crippen molar-refractivity contribution in [2.24, 2.45) is 0 Å². The second-order valence-electron chi connectivity index (χ2n) is 3.72. The molecule has 0 aromatic heterocycles. The van der Waals surface area contributed by atoms with E-state index in [0.29, 0.717) is 0 Å². The van der Waals surface area contributed by atoms with Crippen LogP contribution in [0, 0.1) is 17.1 Å². The van der Waals surface area contributed by atoms with Crippen LogP contribution in [0.3, 0.4) is 0 Å². The number of nitrogens with zero attached hydrogens (tertiary/aromatic N) is 1. The maximum atomic E-state index is 13.5. The molecule has 0 amide bonds. The number of esters is 1. The number of hydrogen-bond donors (Lipinski definition) is 0. The van der Waals surface area contributed by atoms with E-state index < -0.39 is 35.9 Å². The number of nitriles is 1. The third-order valence-electron chi connectivity index (χ3n) is 2.20. The molecular formula is C13H9F4NO3. The third-order valence-corrected chi connectivity index (χ3v) is 2.20. The van der Waals surface area contributed by atoms with Crippen molar-refractivity contribution < 1.29 is 31.8 Å². The Morgan fingerprint density at radius 2 is 2.10 bits per heavy atom. The molecule has 112 valence electrons. The third kappa shape index (κ3) is 4.80. The molecule has 0 fully saturated rings. The lowest BCUT2D eigenvalue weighted by atomic mass is 10.1. The van der Waals surface area contributed by atoms with E-state index in [2.05, 4.69) is 9.47 Å². The van der Waals surface area contributed by atoms with Crippen LogP contribution in [0.1, 0.15) is 5.56 Å². The molecule has 1 aromatic rings. The van der Waals surface area contributed by atoms with Gasteiger partial charge >= 0.3 is 12.1 Å². The van der Waals surface area contributed by atoms with Gasteiger partial charge in [-0.1, -0.05) is 12.1 Å². The molecule has 0 aliphatic carbocycles. The van der Waals surface area contributed by atoms with Gasteiger partial charge in [-0.3, -0.25) is 0 Å². The number of carbonyl (C=O) groups is 1. The molecule has 0 saturated carbocycles. The molecule has 21 heavy (non-hydrogen) atoms. The first kappa shape index (κ1) is 16.5. The zero-order valence-corrected chi connectivity index (χ0v) is 10.7. The highest BCUT2D eigenvalue weighted by Gasteiger charge is 2.29. The van der Waals surface area contributed by atoms with Crippen molar-refractivity contribution in [2.75, 3.05) is 13.7 Å². The molecule has 1 aromatic carbocycles. The fourth-order valence-electron chi connectivity index (χ4n) is 1.35. The Bertz CT molecular complexity index is 602. The highest BCUT2D eigenvalue weighted by Crippen LogP contribution is 2.27. The Kier molecular flexibility index (Phi) is 5.30. The predicted molar refractivity (Wildman–Crippen MR) is 63.6 cm³/mol. The van der Waals surface area contributed by atoms with Gasteiger partial charge in [-0.25, -0.2) is 9.18 Å². The molecular weight excluding hydrogens is 294 g/mol. The van der Waals surface area contributed by atoms with Gasteiger partial charge in [-0.15, -0.1) is 0 Å². The van der Waals surface area contributed by atoms with Crippen LogP contribution in [-0.2, 0) is 9.53 Å². The Balaban J connectivity index is 3.19. The molecule has 0 N–H and O–H groups in total. The highest BCUT2D eigenvalue weighted by atomic mass is 19.4. The molecule has 0 unspecified atom stereocenters. The molecule has 1 rings (SSSR count). The smallest absolute Gasteiger partial charge is 0.422 e. The van der Waals surface area contributed by atoms with E-state index in [1.165, 1.54) is 18.2 Å². The Morgan fingerprint density at radius 1 is 1.43 bits per heavy atom. The number of halogens is 4. The highest BCUT2D eigenvalue weighted by molar-refractivity contribution is 5.98. The lowest BCUT2D eigenvalue weighted by Gasteiger charge is -2.12. The van der Waals surface area contributed by atoms with Crippen LogP contribution >= 0.6 is 0 Å². The van der Waals surface area contributed by atoms with Crippen LogP contribution in [-0.4, -0.2) is 25.9 Å². The molecule has 0 saturated heterocycles. The first-order chi connectivity index (χ1) is 9.78. The minimum atomic E-state index is -4.65. The summed E-state index contributed by atoms with van der Waals surface area (Å²) < 4.78 is 58.6. The number of hydrogen-bond acceptors (Lipinski definition) is 4. The van der Waals surface area contributed by atoms with Gasteiger partial charge in [0, 0.05) is 5.56 Å². The van der Waals surface area contributed by atoms with E-state index >= 15 is 0 Å². The second kappa shape index (κ2) is 6.74. The quantitative estimate of drug-likeness (QED) is 0.371. The predicted octanol–water partition coefficient (Wildman–Crippen LogP) is 2.85. The number of para-hydroxylation sites is 1. The van der Waals surface area contributed by atoms with Gasteiger partial charge in [-0.2, -0.15) is 18.4 Å². The molecule has 0 radical (unpaired) electrons. The fourth-order valence-corrected chi connectivity index (χ4v) is 1.35. The van der Waals surface area contributed by atoms with Crippen LogP contribution in [0.2, 0.25) is 0 Å². The summed E-state index contributed by atoms with van der Waals surface area (Å²) in [7, 11) is 1.03. The molecule has 0 aliphatic heterocycles. The first-order valence-electron chi connectivity index (χ1n) is 5.46. The van der Waals surface area contributed by atoms with Crippen LogP contribution < -0.4 is 4.74 Å². The van der Waals surface area contributed by atoms with E-state index in [0.717, 1.165) is 19.3 Å². The van der Waals surface area contributed by atoms with Gasteiger partial charge in [0.2, 0.25) is 0 Å². The van der Waals surface area contributed by atoms with E-state index in [1.807, 2.05) is 0 Å². The normalized spacial score (nSPS) is 11.7. The van der Waals surface area contributed by atoms with Gasteiger partial charge in [0.25, 0.3) is 0 Å². The number of ether oxygens (including phenoxy) is 2. The average Bonchev–Trinajstić information content (AvgIpc) is 2.41. The molecule has 0 aliphatic rings. The summed E-state index contributed by atoms with van der Waals surface area (Å²) in [6, 6.07) is 4.81. The van der Waals surface area contributed by atoms with Crippen molar-refractivity contribution in [3.05, 3.63) is 35.2 Å². The summed E-state index contributed by atoms with van der Waals surface area (Å²) >= 11 is 0. The first-order valence-corrected chi connectivity index (χ1v) is 5.46. The molecule has 4 nitrogen and oxygen atoms in total. The molecule has 0 atom stereocenters. The molecule has 0 heterocycles. The van der Waals surface area contributed by atoms with Crippen molar-refractivity contribution in [1.29, 1.82) is 5.26 Å². The Morgan fingerprint density at radius 3 is 2.62 bits per heavy atom. The monoisotopic (exact) mass is 303 g/mol. The lowest BCUT2D eigenvalue weighted by Crippen LogP contribution is -2.20. The topological polar surface area (TPSA) is 59.3 Å².